The minimum absolute atomic E-state index is 0.0859. The Labute approximate surface area is 100 Å². The molecule has 2 aromatic rings. The third-order valence-electron chi connectivity index (χ3n) is 2.80. The second-order valence-electron chi connectivity index (χ2n) is 3.82. The first-order valence-corrected chi connectivity index (χ1v) is 5.54. The molecule has 0 heterocycles. The minimum atomic E-state index is -0.462. The molecule has 0 aromatic heterocycles. The third-order valence-corrected chi connectivity index (χ3v) is 2.80. The largest absolute Gasteiger partial charge is 0.206 e. The Kier molecular flexibility index (Phi) is 3.20. The van der Waals surface area contributed by atoms with Crippen molar-refractivity contribution in [1.82, 2.24) is 0 Å². The zero-order chi connectivity index (χ0) is 12.3. The fourth-order valence-electron chi connectivity index (χ4n) is 1.88. The molecule has 0 N–H and O–H groups in total. The lowest BCUT2D eigenvalue weighted by Gasteiger charge is -2.08. The molecule has 17 heavy (non-hydrogen) atoms. The summed E-state index contributed by atoms with van der Waals surface area (Å²) < 4.78 is 13.5. The second-order valence-corrected chi connectivity index (χ2v) is 3.82. The molecule has 0 radical (unpaired) electrons. The van der Waals surface area contributed by atoms with Gasteiger partial charge in [0.05, 0.1) is 5.56 Å². The quantitative estimate of drug-likeness (QED) is 0.759. The summed E-state index contributed by atoms with van der Waals surface area (Å²) in [6.07, 6.45) is 0.901. The van der Waals surface area contributed by atoms with E-state index in [0.717, 1.165) is 17.5 Å². The summed E-state index contributed by atoms with van der Waals surface area (Å²) in [5, 5.41) is 8.69. The van der Waals surface area contributed by atoms with Crippen molar-refractivity contribution in [3.63, 3.8) is 0 Å². The number of halogens is 1. The van der Waals surface area contributed by atoms with Gasteiger partial charge < -0.3 is 0 Å². The number of hydrogen-bond acceptors (Lipinski definition) is 1. The highest BCUT2D eigenvalue weighted by molar-refractivity contribution is 5.68. The number of aryl methyl sites for hydroxylation is 1. The molecule has 0 saturated carbocycles. The van der Waals surface area contributed by atoms with E-state index >= 15 is 0 Å². The van der Waals surface area contributed by atoms with Crippen molar-refractivity contribution in [2.24, 2.45) is 0 Å². The van der Waals surface area contributed by atoms with E-state index in [0.29, 0.717) is 0 Å². The van der Waals surface area contributed by atoms with Crippen molar-refractivity contribution in [2.75, 3.05) is 0 Å². The first-order chi connectivity index (χ1) is 8.26. The third kappa shape index (κ3) is 2.19. The van der Waals surface area contributed by atoms with Crippen molar-refractivity contribution < 1.29 is 4.39 Å². The molecule has 84 valence electrons. The van der Waals surface area contributed by atoms with E-state index < -0.39 is 5.82 Å². The number of nitriles is 1. The van der Waals surface area contributed by atoms with Gasteiger partial charge in [-0.1, -0.05) is 37.3 Å². The van der Waals surface area contributed by atoms with Gasteiger partial charge in [0.2, 0.25) is 0 Å². The molecular weight excluding hydrogens is 213 g/mol. The molecule has 0 fully saturated rings. The van der Waals surface area contributed by atoms with E-state index in [1.165, 1.54) is 17.7 Å². The second kappa shape index (κ2) is 4.80. The van der Waals surface area contributed by atoms with Gasteiger partial charge in [0, 0.05) is 0 Å². The smallest absolute Gasteiger partial charge is 0.141 e. The van der Waals surface area contributed by atoms with Gasteiger partial charge in [0.1, 0.15) is 11.9 Å². The highest BCUT2D eigenvalue weighted by atomic mass is 19.1. The van der Waals surface area contributed by atoms with Crippen molar-refractivity contribution >= 4 is 0 Å². The van der Waals surface area contributed by atoms with Crippen molar-refractivity contribution in [2.45, 2.75) is 13.3 Å². The average molecular weight is 225 g/mol. The van der Waals surface area contributed by atoms with Gasteiger partial charge >= 0.3 is 0 Å². The molecule has 0 amide bonds. The predicted octanol–water partition coefficient (Wildman–Crippen LogP) is 3.93. The van der Waals surface area contributed by atoms with Gasteiger partial charge in [0.25, 0.3) is 0 Å². The van der Waals surface area contributed by atoms with Crippen LogP contribution < -0.4 is 0 Å². The summed E-state index contributed by atoms with van der Waals surface area (Å²) in [6.45, 7) is 2.07. The Morgan fingerprint density at radius 1 is 1.18 bits per heavy atom. The Morgan fingerprint density at radius 2 is 1.94 bits per heavy atom. The molecule has 0 aliphatic rings. The SMILES string of the molecule is CCc1ccccc1-c1ccc(C#N)c(F)c1. The van der Waals surface area contributed by atoms with Gasteiger partial charge in [-0.05, 0) is 35.2 Å². The molecule has 0 spiro atoms. The zero-order valence-electron chi connectivity index (χ0n) is 9.57. The lowest BCUT2D eigenvalue weighted by Crippen LogP contribution is -1.89. The van der Waals surface area contributed by atoms with Gasteiger partial charge in [-0.2, -0.15) is 5.26 Å². The van der Waals surface area contributed by atoms with E-state index in [-0.39, 0.29) is 5.56 Å². The van der Waals surface area contributed by atoms with Crippen LogP contribution >= 0.6 is 0 Å². The summed E-state index contributed by atoms with van der Waals surface area (Å²) in [5.74, 6) is -0.462. The molecule has 0 saturated heterocycles. The summed E-state index contributed by atoms with van der Waals surface area (Å²) in [4.78, 5) is 0. The molecule has 0 unspecified atom stereocenters. The van der Waals surface area contributed by atoms with E-state index in [1.54, 1.807) is 6.07 Å². The van der Waals surface area contributed by atoms with Crippen LogP contribution in [-0.2, 0) is 6.42 Å². The van der Waals surface area contributed by atoms with Crippen molar-refractivity contribution in [1.29, 1.82) is 5.26 Å². The Bertz CT molecular complexity index is 582. The van der Waals surface area contributed by atoms with Crippen LogP contribution in [0.15, 0.2) is 42.5 Å². The first kappa shape index (κ1) is 11.3. The number of rotatable bonds is 2. The summed E-state index contributed by atoms with van der Waals surface area (Å²) in [7, 11) is 0. The van der Waals surface area contributed by atoms with Crippen LogP contribution in [0.5, 0.6) is 0 Å². The normalized spacial score (nSPS) is 9.94. The molecule has 0 aliphatic carbocycles. The highest BCUT2D eigenvalue weighted by Gasteiger charge is 2.06. The molecule has 0 aliphatic heterocycles. The Balaban J connectivity index is 2.54. The van der Waals surface area contributed by atoms with E-state index in [4.69, 9.17) is 5.26 Å². The van der Waals surface area contributed by atoms with Crippen LogP contribution in [0.3, 0.4) is 0 Å². The lowest BCUT2D eigenvalue weighted by molar-refractivity contribution is 0.624. The van der Waals surface area contributed by atoms with E-state index in [9.17, 15) is 4.39 Å². The molecular formula is C15H12FN. The van der Waals surface area contributed by atoms with Crippen molar-refractivity contribution in [3.8, 4) is 17.2 Å². The zero-order valence-corrected chi connectivity index (χ0v) is 9.57. The van der Waals surface area contributed by atoms with Crippen LogP contribution in [0.4, 0.5) is 4.39 Å². The van der Waals surface area contributed by atoms with Crippen LogP contribution in [0.2, 0.25) is 0 Å². The van der Waals surface area contributed by atoms with E-state index in [2.05, 4.69) is 6.92 Å². The highest BCUT2D eigenvalue weighted by Crippen LogP contribution is 2.25. The first-order valence-electron chi connectivity index (χ1n) is 5.54. The Hall–Kier alpha value is -2.14. The predicted molar refractivity (Wildman–Crippen MR) is 65.9 cm³/mol. The van der Waals surface area contributed by atoms with Gasteiger partial charge in [-0.25, -0.2) is 4.39 Å². The Morgan fingerprint density at radius 3 is 2.59 bits per heavy atom. The minimum Gasteiger partial charge on any atom is -0.206 e. The number of nitrogens with zero attached hydrogens (tertiary/aromatic N) is 1. The summed E-state index contributed by atoms with van der Waals surface area (Å²) >= 11 is 0. The fourth-order valence-corrected chi connectivity index (χ4v) is 1.88. The summed E-state index contributed by atoms with van der Waals surface area (Å²) in [5.41, 5.74) is 3.11. The van der Waals surface area contributed by atoms with Crippen LogP contribution in [0.1, 0.15) is 18.1 Å². The van der Waals surface area contributed by atoms with Crippen LogP contribution in [-0.4, -0.2) is 0 Å². The molecule has 2 aromatic carbocycles. The standard InChI is InChI=1S/C15H12FN/c1-2-11-5-3-4-6-14(11)12-7-8-13(10-17)15(16)9-12/h3-9H,2H2,1H3. The topological polar surface area (TPSA) is 23.8 Å². The summed E-state index contributed by atoms with van der Waals surface area (Å²) in [6, 6.07) is 14.5. The van der Waals surface area contributed by atoms with Crippen molar-refractivity contribution in [3.05, 3.63) is 59.4 Å². The number of benzene rings is 2. The van der Waals surface area contributed by atoms with E-state index in [1.807, 2.05) is 30.3 Å². The average Bonchev–Trinajstić information content (AvgIpc) is 2.38. The maximum atomic E-state index is 13.5. The fraction of sp³-hybridized carbons (Fsp3) is 0.133. The molecule has 0 atom stereocenters. The molecule has 2 heteroatoms. The lowest BCUT2D eigenvalue weighted by atomic mass is 9.97. The van der Waals surface area contributed by atoms with Gasteiger partial charge in [-0.3, -0.25) is 0 Å². The van der Waals surface area contributed by atoms with Gasteiger partial charge in [0.15, 0.2) is 0 Å². The van der Waals surface area contributed by atoms with Crippen LogP contribution in [0, 0.1) is 17.1 Å². The molecule has 0 bridgehead atoms. The maximum absolute atomic E-state index is 13.5. The molecule has 2 rings (SSSR count). The van der Waals surface area contributed by atoms with Gasteiger partial charge in [-0.15, -0.1) is 0 Å². The van der Waals surface area contributed by atoms with Crippen LogP contribution in [0.25, 0.3) is 11.1 Å². The monoisotopic (exact) mass is 225 g/mol. The molecule has 1 nitrogen and oxygen atoms in total. The maximum Gasteiger partial charge on any atom is 0.141 e. The number of hydrogen-bond donors (Lipinski definition) is 0.